The Labute approximate surface area is 104 Å². The molecule has 0 bridgehead atoms. The average Bonchev–Trinajstić information content (AvgIpc) is 3.18. The molecule has 2 rings (SSSR count). The first-order valence-corrected chi connectivity index (χ1v) is 7.09. The summed E-state index contributed by atoms with van der Waals surface area (Å²) >= 11 is 0. The summed E-state index contributed by atoms with van der Waals surface area (Å²) in [5, 5.41) is 6.52. The molecule has 2 fully saturated rings. The number of rotatable bonds is 5. The number of urea groups is 1. The van der Waals surface area contributed by atoms with Gasteiger partial charge in [0.25, 0.3) is 0 Å². The highest BCUT2D eigenvalue weighted by atomic mass is 16.2. The quantitative estimate of drug-likeness (QED) is 0.767. The van der Waals surface area contributed by atoms with E-state index in [2.05, 4.69) is 22.5 Å². The third-order valence-electron chi connectivity index (χ3n) is 3.60. The number of carbonyl (C=O) groups is 1. The van der Waals surface area contributed by atoms with Crippen molar-refractivity contribution >= 4 is 6.03 Å². The van der Waals surface area contributed by atoms with Crippen LogP contribution in [-0.4, -0.2) is 42.6 Å². The second-order valence-electron chi connectivity index (χ2n) is 5.26. The molecule has 1 saturated heterocycles. The van der Waals surface area contributed by atoms with Crippen LogP contribution in [0, 0.1) is 0 Å². The molecule has 98 valence electrons. The van der Waals surface area contributed by atoms with Crippen molar-refractivity contribution in [2.45, 2.75) is 57.5 Å². The molecule has 1 atom stereocenters. The van der Waals surface area contributed by atoms with E-state index in [1.807, 2.05) is 0 Å². The van der Waals surface area contributed by atoms with Crippen molar-refractivity contribution < 1.29 is 4.79 Å². The van der Waals surface area contributed by atoms with Gasteiger partial charge in [-0.2, -0.15) is 0 Å². The van der Waals surface area contributed by atoms with E-state index in [-0.39, 0.29) is 6.03 Å². The highest BCUT2D eigenvalue weighted by Gasteiger charge is 2.34. The van der Waals surface area contributed by atoms with Crippen LogP contribution >= 0.6 is 0 Å². The maximum absolute atomic E-state index is 12.0. The highest BCUT2D eigenvalue weighted by Crippen LogP contribution is 2.27. The summed E-state index contributed by atoms with van der Waals surface area (Å²) in [6, 6.07) is 1.16. The number of hydrogen-bond acceptors (Lipinski definition) is 2. The van der Waals surface area contributed by atoms with E-state index in [0.717, 1.165) is 26.1 Å². The van der Waals surface area contributed by atoms with Crippen molar-refractivity contribution in [1.29, 1.82) is 0 Å². The van der Waals surface area contributed by atoms with Crippen LogP contribution in [0.5, 0.6) is 0 Å². The molecule has 2 N–H and O–H groups in total. The molecule has 1 heterocycles. The molecule has 1 aliphatic heterocycles. The second-order valence-corrected chi connectivity index (χ2v) is 5.26. The summed E-state index contributed by atoms with van der Waals surface area (Å²) in [5.74, 6) is 0. The van der Waals surface area contributed by atoms with Crippen molar-refractivity contribution in [3.63, 3.8) is 0 Å². The van der Waals surface area contributed by atoms with Gasteiger partial charge < -0.3 is 15.5 Å². The van der Waals surface area contributed by atoms with Gasteiger partial charge in [0.05, 0.1) is 0 Å². The first-order chi connectivity index (χ1) is 8.31. The molecule has 4 heteroatoms. The van der Waals surface area contributed by atoms with E-state index < -0.39 is 0 Å². The SMILES string of the molecule is CCCNC(=O)N(CC1CCCCN1)C1CC1. The van der Waals surface area contributed by atoms with E-state index >= 15 is 0 Å². The fourth-order valence-corrected chi connectivity index (χ4v) is 2.43. The van der Waals surface area contributed by atoms with Gasteiger partial charge in [-0.25, -0.2) is 4.79 Å². The van der Waals surface area contributed by atoms with Crippen LogP contribution in [-0.2, 0) is 0 Å². The van der Waals surface area contributed by atoms with Gasteiger partial charge in [0.1, 0.15) is 0 Å². The predicted octanol–water partition coefficient (Wildman–Crippen LogP) is 1.71. The van der Waals surface area contributed by atoms with E-state index in [1.165, 1.54) is 32.1 Å². The fourth-order valence-electron chi connectivity index (χ4n) is 2.43. The molecule has 1 saturated carbocycles. The van der Waals surface area contributed by atoms with Gasteiger partial charge in [-0.1, -0.05) is 13.3 Å². The first-order valence-electron chi connectivity index (χ1n) is 7.09. The fraction of sp³-hybridized carbons (Fsp3) is 0.923. The lowest BCUT2D eigenvalue weighted by Crippen LogP contribution is -2.49. The smallest absolute Gasteiger partial charge is 0.317 e. The zero-order chi connectivity index (χ0) is 12.1. The molecule has 17 heavy (non-hydrogen) atoms. The second kappa shape index (κ2) is 6.24. The number of piperidine rings is 1. The van der Waals surface area contributed by atoms with Gasteiger partial charge in [-0.15, -0.1) is 0 Å². The molecule has 1 unspecified atom stereocenters. The summed E-state index contributed by atoms with van der Waals surface area (Å²) in [4.78, 5) is 14.1. The van der Waals surface area contributed by atoms with Crippen LogP contribution in [0.2, 0.25) is 0 Å². The lowest BCUT2D eigenvalue weighted by molar-refractivity contribution is 0.183. The zero-order valence-electron chi connectivity index (χ0n) is 10.9. The molecule has 0 aromatic rings. The average molecular weight is 239 g/mol. The molecule has 4 nitrogen and oxygen atoms in total. The molecular weight excluding hydrogens is 214 g/mol. The lowest BCUT2D eigenvalue weighted by atomic mass is 10.0. The maximum atomic E-state index is 12.0. The molecular formula is C13H25N3O. The Morgan fingerprint density at radius 3 is 2.76 bits per heavy atom. The summed E-state index contributed by atoms with van der Waals surface area (Å²) < 4.78 is 0. The minimum Gasteiger partial charge on any atom is -0.338 e. The number of hydrogen-bond donors (Lipinski definition) is 2. The predicted molar refractivity (Wildman–Crippen MR) is 69.1 cm³/mol. The first kappa shape index (κ1) is 12.7. The van der Waals surface area contributed by atoms with Gasteiger partial charge in [0.15, 0.2) is 0 Å². The number of nitrogens with one attached hydrogen (secondary N) is 2. The van der Waals surface area contributed by atoms with Crippen LogP contribution in [0.25, 0.3) is 0 Å². The number of carbonyl (C=O) groups excluding carboxylic acids is 1. The molecule has 0 radical (unpaired) electrons. The Morgan fingerprint density at radius 2 is 2.18 bits per heavy atom. The third-order valence-corrected chi connectivity index (χ3v) is 3.60. The van der Waals surface area contributed by atoms with Crippen molar-refractivity contribution in [3.05, 3.63) is 0 Å². The van der Waals surface area contributed by atoms with E-state index in [9.17, 15) is 4.79 Å². The molecule has 1 aliphatic carbocycles. The van der Waals surface area contributed by atoms with Gasteiger partial charge in [-0.05, 0) is 38.6 Å². The van der Waals surface area contributed by atoms with Crippen molar-refractivity contribution in [3.8, 4) is 0 Å². The monoisotopic (exact) mass is 239 g/mol. The summed E-state index contributed by atoms with van der Waals surface area (Å²) in [5.41, 5.74) is 0. The molecule has 2 aliphatic rings. The van der Waals surface area contributed by atoms with Crippen LogP contribution in [0.1, 0.15) is 45.4 Å². The van der Waals surface area contributed by atoms with Crippen molar-refractivity contribution in [2.24, 2.45) is 0 Å². The Morgan fingerprint density at radius 1 is 1.35 bits per heavy atom. The number of amides is 2. The molecule has 0 spiro atoms. The van der Waals surface area contributed by atoms with Gasteiger partial charge in [-0.3, -0.25) is 0 Å². The Balaban J connectivity index is 1.81. The van der Waals surface area contributed by atoms with Crippen LogP contribution in [0.4, 0.5) is 4.79 Å². The largest absolute Gasteiger partial charge is 0.338 e. The van der Waals surface area contributed by atoms with Gasteiger partial charge >= 0.3 is 6.03 Å². The summed E-state index contributed by atoms with van der Waals surface area (Å²) in [7, 11) is 0. The highest BCUT2D eigenvalue weighted by molar-refractivity contribution is 5.74. The minimum atomic E-state index is 0.140. The topological polar surface area (TPSA) is 44.4 Å². The minimum absolute atomic E-state index is 0.140. The van der Waals surface area contributed by atoms with Crippen LogP contribution in [0.15, 0.2) is 0 Å². The molecule has 0 aromatic heterocycles. The Bertz CT molecular complexity index is 247. The Kier molecular flexibility index (Phi) is 4.66. The van der Waals surface area contributed by atoms with Gasteiger partial charge in [0.2, 0.25) is 0 Å². The normalized spacial score (nSPS) is 24.4. The third kappa shape index (κ3) is 3.87. The van der Waals surface area contributed by atoms with E-state index in [0.29, 0.717) is 12.1 Å². The molecule has 2 amide bonds. The van der Waals surface area contributed by atoms with Crippen molar-refractivity contribution in [2.75, 3.05) is 19.6 Å². The van der Waals surface area contributed by atoms with E-state index in [4.69, 9.17) is 0 Å². The standard InChI is InChI=1S/C13H25N3O/c1-2-8-15-13(17)16(12-6-7-12)10-11-5-3-4-9-14-11/h11-12,14H,2-10H2,1H3,(H,15,17). The van der Waals surface area contributed by atoms with E-state index in [1.54, 1.807) is 0 Å². The van der Waals surface area contributed by atoms with Crippen LogP contribution in [0.3, 0.4) is 0 Å². The summed E-state index contributed by atoms with van der Waals surface area (Å²) in [6.07, 6.45) is 7.17. The van der Waals surface area contributed by atoms with Crippen molar-refractivity contribution in [1.82, 2.24) is 15.5 Å². The Hall–Kier alpha value is -0.770. The maximum Gasteiger partial charge on any atom is 0.317 e. The lowest BCUT2D eigenvalue weighted by Gasteiger charge is -2.30. The molecule has 0 aromatic carbocycles. The van der Waals surface area contributed by atoms with Gasteiger partial charge in [0, 0.05) is 25.2 Å². The summed E-state index contributed by atoms with van der Waals surface area (Å²) in [6.45, 7) is 4.88. The zero-order valence-corrected chi connectivity index (χ0v) is 10.9. The van der Waals surface area contributed by atoms with Crippen LogP contribution < -0.4 is 10.6 Å². The number of nitrogens with zero attached hydrogens (tertiary/aromatic N) is 1.